The summed E-state index contributed by atoms with van der Waals surface area (Å²) in [4.78, 5) is 21.2. The molecule has 0 radical (unpaired) electrons. The molecular formula is C14H16N4O. The maximum absolute atomic E-state index is 11.5. The number of hydrogen-bond donors (Lipinski definition) is 1. The summed E-state index contributed by atoms with van der Waals surface area (Å²) in [7, 11) is 0. The van der Waals surface area contributed by atoms with E-state index in [1.54, 1.807) is 24.1 Å². The van der Waals surface area contributed by atoms with Gasteiger partial charge < -0.3 is 10.6 Å². The number of anilines is 2. The van der Waals surface area contributed by atoms with E-state index in [9.17, 15) is 4.79 Å². The van der Waals surface area contributed by atoms with Crippen LogP contribution in [0.25, 0.3) is 11.3 Å². The summed E-state index contributed by atoms with van der Waals surface area (Å²) in [6, 6.07) is 9.44. The second-order valence-corrected chi connectivity index (χ2v) is 4.11. The van der Waals surface area contributed by atoms with Crippen molar-refractivity contribution < 1.29 is 4.79 Å². The first-order valence-electron chi connectivity index (χ1n) is 6.09. The van der Waals surface area contributed by atoms with Crippen molar-refractivity contribution in [1.29, 1.82) is 0 Å². The Balaban J connectivity index is 2.30. The minimum absolute atomic E-state index is 0.0292. The minimum atomic E-state index is 0.0292. The lowest BCUT2D eigenvalue weighted by atomic mass is 10.1. The molecule has 0 atom stereocenters. The number of rotatable bonds is 3. The van der Waals surface area contributed by atoms with Crippen molar-refractivity contribution in [3.63, 3.8) is 0 Å². The van der Waals surface area contributed by atoms with Gasteiger partial charge in [-0.05, 0) is 25.1 Å². The summed E-state index contributed by atoms with van der Waals surface area (Å²) >= 11 is 0. The van der Waals surface area contributed by atoms with Crippen molar-refractivity contribution >= 4 is 17.5 Å². The van der Waals surface area contributed by atoms with Crippen LogP contribution in [0.5, 0.6) is 0 Å². The first-order valence-corrected chi connectivity index (χ1v) is 6.09. The summed E-state index contributed by atoms with van der Waals surface area (Å²) < 4.78 is 0. The molecule has 98 valence electrons. The van der Waals surface area contributed by atoms with E-state index >= 15 is 0 Å². The normalized spacial score (nSPS) is 10.2. The van der Waals surface area contributed by atoms with Gasteiger partial charge in [0.2, 0.25) is 11.9 Å². The maximum Gasteiger partial charge on any atom is 0.223 e. The molecule has 2 aromatic rings. The fourth-order valence-electron chi connectivity index (χ4n) is 1.93. The third kappa shape index (κ3) is 2.88. The number of carbonyl (C=O) groups is 1. The Morgan fingerprint density at radius 3 is 2.47 bits per heavy atom. The second kappa shape index (κ2) is 5.48. The summed E-state index contributed by atoms with van der Waals surface area (Å²) in [5, 5.41) is 0. The highest BCUT2D eigenvalue weighted by Crippen LogP contribution is 2.22. The van der Waals surface area contributed by atoms with Crippen LogP contribution in [0.2, 0.25) is 0 Å². The molecule has 0 aliphatic rings. The van der Waals surface area contributed by atoms with Gasteiger partial charge in [0, 0.05) is 30.9 Å². The highest BCUT2D eigenvalue weighted by Gasteiger charge is 2.09. The Hall–Kier alpha value is -2.43. The van der Waals surface area contributed by atoms with E-state index in [0.29, 0.717) is 6.54 Å². The molecule has 2 rings (SSSR count). The summed E-state index contributed by atoms with van der Waals surface area (Å²) in [6.45, 7) is 4.15. The Bertz CT molecular complexity index is 580. The van der Waals surface area contributed by atoms with Gasteiger partial charge in [0.25, 0.3) is 0 Å². The van der Waals surface area contributed by atoms with Gasteiger partial charge in [-0.3, -0.25) is 4.79 Å². The molecule has 2 N–H and O–H groups in total. The monoisotopic (exact) mass is 256 g/mol. The first kappa shape index (κ1) is 13.0. The Morgan fingerprint density at radius 2 is 1.95 bits per heavy atom. The molecular weight excluding hydrogens is 240 g/mol. The molecule has 5 heteroatoms. The highest BCUT2D eigenvalue weighted by atomic mass is 16.2. The van der Waals surface area contributed by atoms with Crippen molar-refractivity contribution in [2.75, 3.05) is 17.2 Å². The van der Waals surface area contributed by atoms with Crippen LogP contribution < -0.4 is 10.6 Å². The zero-order valence-corrected chi connectivity index (χ0v) is 11.0. The summed E-state index contributed by atoms with van der Waals surface area (Å²) in [5.74, 6) is 0.280. The third-order valence-corrected chi connectivity index (χ3v) is 2.85. The molecule has 1 amide bonds. The molecule has 1 aromatic heterocycles. The van der Waals surface area contributed by atoms with Crippen LogP contribution in [-0.2, 0) is 4.79 Å². The number of benzene rings is 1. The molecule has 0 bridgehead atoms. The van der Waals surface area contributed by atoms with Gasteiger partial charge in [-0.25, -0.2) is 9.97 Å². The molecule has 0 unspecified atom stereocenters. The summed E-state index contributed by atoms with van der Waals surface area (Å²) in [5.41, 5.74) is 8.15. The predicted molar refractivity (Wildman–Crippen MR) is 75.6 cm³/mol. The van der Waals surface area contributed by atoms with E-state index in [2.05, 4.69) is 9.97 Å². The SMILES string of the molecule is CCN(C(C)=O)c1ccc(-c2ccnc(N)n2)cc1. The topological polar surface area (TPSA) is 72.1 Å². The van der Waals surface area contributed by atoms with E-state index < -0.39 is 0 Å². The molecule has 5 nitrogen and oxygen atoms in total. The largest absolute Gasteiger partial charge is 0.368 e. The molecule has 0 fully saturated rings. The Kier molecular flexibility index (Phi) is 3.75. The van der Waals surface area contributed by atoms with Crippen molar-refractivity contribution in [2.24, 2.45) is 0 Å². The zero-order chi connectivity index (χ0) is 13.8. The standard InChI is InChI=1S/C14H16N4O/c1-3-18(10(2)19)12-6-4-11(5-7-12)13-8-9-16-14(15)17-13/h4-9H,3H2,1-2H3,(H2,15,16,17). The van der Waals surface area contributed by atoms with Crippen molar-refractivity contribution in [1.82, 2.24) is 9.97 Å². The maximum atomic E-state index is 11.5. The Morgan fingerprint density at radius 1 is 1.26 bits per heavy atom. The van der Waals surface area contributed by atoms with E-state index in [1.807, 2.05) is 31.2 Å². The quantitative estimate of drug-likeness (QED) is 0.912. The van der Waals surface area contributed by atoms with Crippen molar-refractivity contribution in [3.05, 3.63) is 36.5 Å². The zero-order valence-electron chi connectivity index (χ0n) is 11.0. The van der Waals surface area contributed by atoms with Gasteiger partial charge in [0.1, 0.15) is 0 Å². The smallest absolute Gasteiger partial charge is 0.223 e. The van der Waals surface area contributed by atoms with E-state index in [1.165, 1.54) is 0 Å². The van der Waals surface area contributed by atoms with Crippen LogP contribution in [0.3, 0.4) is 0 Å². The third-order valence-electron chi connectivity index (χ3n) is 2.85. The van der Waals surface area contributed by atoms with Gasteiger partial charge >= 0.3 is 0 Å². The lowest BCUT2D eigenvalue weighted by Crippen LogP contribution is -2.27. The fraction of sp³-hybridized carbons (Fsp3) is 0.214. The molecule has 0 spiro atoms. The molecule has 1 aromatic carbocycles. The molecule has 19 heavy (non-hydrogen) atoms. The molecule has 0 saturated heterocycles. The van der Waals surface area contributed by atoms with E-state index in [0.717, 1.165) is 16.9 Å². The fourth-order valence-corrected chi connectivity index (χ4v) is 1.93. The predicted octanol–water partition coefficient (Wildman–Crippen LogP) is 2.10. The van der Waals surface area contributed by atoms with Crippen LogP contribution in [-0.4, -0.2) is 22.4 Å². The average molecular weight is 256 g/mol. The number of nitrogen functional groups attached to an aromatic ring is 1. The molecule has 0 saturated carbocycles. The average Bonchev–Trinajstić information content (AvgIpc) is 2.40. The van der Waals surface area contributed by atoms with Gasteiger partial charge in [0.15, 0.2) is 0 Å². The van der Waals surface area contributed by atoms with Gasteiger partial charge in [-0.15, -0.1) is 0 Å². The minimum Gasteiger partial charge on any atom is -0.368 e. The number of nitrogens with zero attached hydrogens (tertiary/aromatic N) is 3. The Labute approximate surface area is 112 Å². The first-order chi connectivity index (χ1) is 9.11. The summed E-state index contributed by atoms with van der Waals surface area (Å²) in [6.07, 6.45) is 1.62. The van der Waals surface area contributed by atoms with Crippen LogP contribution in [0.1, 0.15) is 13.8 Å². The van der Waals surface area contributed by atoms with Crippen LogP contribution in [0.4, 0.5) is 11.6 Å². The number of aromatic nitrogens is 2. The van der Waals surface area contributed by atoms with Gasteiger partial charge in [-0.1, -0.05) is 12.1 Å². The number of amides is 1. The van der Waals surface area contributed by atoms with Crippen LogP contribution in [0.15, 0.2) is 36.5 Å². The highest BCUT2D eigenvalue weighted by molar-refractivity contribution is 5.91. The van der Waals surface area contributed by atoms with Crippen LogP contribution in [0, 0.1) is 0 Å². The molecule has 0 aliphatic heterocycles. The molecule has 1 heterocycles. The van der Waals surface area contributed by atoms with Crippen LogP contribution >= 0.6 is 0 Å². The second-order valence-electron chi connectivity index (χ2n) is 4.11. The number of carbonyl (C=O) groups excluding carboxylic acids is 1. The molecule has 0 aliphatic carbocycles. The number of hydrogen-bond acceptors (Lipinski definition) is 4. The van der Waals surface area contributed by atoms with Crippen molar-refractivity contribution in [3.8, 4) is 11.3 Å². The lowest BCUT2D eigenvalue weighted by molar-refractivity contribution is -0.116. The van der Waals surface area contributed by atoms with Gasteiger partial charge in [0.05, 0.1) is 5.69 Å². The van der Waals surface area contributed by atoms with Crippen molar-refractivity contribution in [2.45, 2.75) is 13.8 Å². The van der Waals surface area contributed by atoms with E-state index in [4.69, 9.17) is 5.73 Å². The van der Waals surface area contributed by atoms with E-state index in [-0.39, 0.29) is 11.9 Å². The number of nitrogens with two attached hydrogens (primary N) is 1. The van der Waals surface area contributed by atoms with Gasteiger partial charge in [-0.2, -0.15) is 0 Å². The lowest BCUT2D eigenvalue weighted by Gasteiger charge is -2.19.